The molecule has 0 radical (unpaired) electrons. The van der Waals surface area contributed by atoms with Gasteiger partial charge in [0.1, 0.15) is 12.5 Å². The van der Waals surface area contributed by atoms with Gasteiger partial charge in [-0.15, -0.1) is 0 Å². The molecule has 1 amide bonds. The number of aliphatic hydroxyl groups is 1. The van der Waals surface area contributed by atoms with E-state index in [1.165, 1.54) is 4.90 Å². The molecule has 1 aliphatic heterocycles. The molecule has 2 N–H and O–H groups in total. The van der Waals surface area contributed by atoms with E-state index in [0.29, 0.717) is 0 Å². The number of amides is 1. The molecule has 19 heavy (non-hydrogen) atoms. The number of benzene rings is 1. The third-order valence-corrected chi connectivity index (χ3v) is 3.07. The summed E-state index contributed by atoms with van der Waals surface area (Å²) in [6.07, 6.45) is -1.64. The quantitative estimate of drug-likeness (QED) is 0.840. The summed E-state index contributed by atoms with van der Waals surface area (Å²) in [5.74, 6) is -2.05. The number of likely N-dealkylation sites (tertiary alicyclic amines) is 1. The minimum atomic E-state index is -1.11. The summed E-state index contributed by atoms with van der Waals surface area (Å²) in [6.45, 7) is 0.0960. The Labute approximate surface area is 110 Å². The van der Waals surface area contributed by atoms with Crippen molar-refractivity contribution in [1.82, 2.24) is 4.90 Å². The third kappa shape index (κ3) is 3.23. The van der Waals surface area contributed by atoms with Crippen LogP contribution < -0.4 is 0 Å². The highest BCUT2D eigenvalue weighted by Crippen LogP contribution is 2.18. The number of carboxylic acid groups (broad SMARTS) is 1. The van der Waals surface area contributed by atoms with Crippen LogP contribution in [0.4, 0.5) is 4.79 Å². The van der Waals surface area contributed by atoms with Gasteiger partial charge in [-0.3, -0.25) is 4.79 Å². The standard InChI is InChI=1S/C13H15NO5/c15-11-7-14(6-10(11)12(16)17)13(18)19-8-9-4-2-1-3-5-9/h1-5,10-11,15H,6-8H2,(H,16,17). The Kier molecular flexibility index (Phi) is 4.01. The molecule has 1 aromatic rings. The fraction of sp³-hybridized carbons (Fsp3) is 0.385. The zero-order valence-corrected chi connectivity index (χ0v) is 10.2. The molecule has 1 fully saturated rings. The summed E-state index contributed by atoms with van der Waals surface area (Å²) >= 11 is 0. The van der Waals surface area contributed by atoms with Gasteiger partial charge >= 0.3 is 12.1 Å². The summed E-state index contributed by atoms with van der Waals surface area (Å²) in [4.78, 5) is 23.8. The normalized spacial score (nSPS) is 22.3. The van der Waals surface area contributed by atoms with Crippen LogP contribution in [0.5, 0.6) is 0 Å². The van der Waals surface area contributed by atoms with Gasteiger partial charge in [0.2, 0.25) is 0 Å². The first-order valence-corrected chi connectivity index (χ1v) is 5.94. The average Bonchev–Trinajstić information content (AvgIpc) is 2.79. The summed E-state index contributed by atoms with van der Waals surface area (Å²) in [5, 5.41) is 18.4. The average molecular weight is 265 g/mol. The van der Waals surface area contributed by atoms with E-state index in [4.69, 9.17) is 9.84 Å². The predicted octanol–water partition coefficient (Wildman–Crippen LogP) is 0.701. The van der Waals surface area contributed by atoms with Gasteiger partial charge in [-0.2, -0.15) is 0 Å². The first-order chi connectivity index (χ1) is 9.08. The molecule has 0 saturated carbocycles. The lowest BCUT2D eigenvalue weighted by molar-refractivity contribution is -0.143. The number of ether oxygens (including phenoxy) is 1. The third-order valence-electron chi connectivity index (χ3n) is 3.07. The van der Waals surface area contributed by atoms with Crippen LogP contribution >= 0.6 is 0 Å². The Bertz CT molecular complexity index is 461. The van der Waals surface area contributed by atoms with E-state index in [-0.39, 0.29) is 19.7 Å². The Morgan fingerprint density at radius 3 is 2.53 bits per heavy atom. The van der Waals surface area contributed by atoms with E-state index < -0.39 is 24.1 Å². The highest BCUT2D eigenvalue weighted by atomic mass is 16.6. The molecule has 0 bridgehead atoms. The smallest absolute Gasteiger partial charge is 0.410 e. The molecule has 0 aliphatic carbocycles. The lowest BCUT2D eigenvalue weighted by atomic mass is 10.1. The zero-order valence-electron chi connectivity index (χ0n) is 10.2. The second-order valence-electron chi connectivity index (χ2n) is 4.46. The van der Waals surface area contributed by atoms with Crippen LogP contribution in [-0.2, 0) is 16.1 Å². The Morgan fingerprint density at radius 2 is 1.95 bits per heavy atom. The van der Waals surface area contributed by atoms with Crippen LogP contribution in [0.2, 0.25) is 0 Å². The molecular weight excluding hydrogens is 250 g/mol. The second kappa shape index (κ2) is 5.71. The van der Waals surface area contributed by atoms with Crippen molar-refractivity contribution in [3.8, 4) is 0 Å². The molecule has 0 aromatic heterocycles. The number of carboxylic acids is 1. The van der Waals surface area contributed by atoms with E-state index in [2.05, 4.69) is 0 Å². The van der Waals surface area contributed by atoms with Crippen LogP contribution in [0, 0.1) is 5.92 Å². The van der Waals surface area contributed by atoms with Crippen LogP contribution in [0.1, 0.15) is 5.56 Å². The first-order valence-electron chi connectivity index (χ1n) is 5.94. The number of hydrogen-bond acceptors (Lipinski definition) is 4. The van der Waals surface area contributed by atoms with E-state index in [1.54, 1.807) is 0 Å². The number of aliphatic carboxylic acids is 1. The zero-order chi connectivity index (χ0) is 13.8. The van der Waals surface area contributed by atoms with Crippen molar-refractivity contribution in [2.45, 2.75) is 12.7 Å². The largest absolute Gasteiger partial charge is 0.481 e. The molecule has 1 saturated heterocycles. The monoisotopic (exact) mass is 265 g/mol. The number of hydrogen-bond donors (Lipinski definition) is 2. The molecular formula is C13H15NO5. The van der Waals surface area contributed by atoms with Gasteiger partial charge in [0, 0.05) is 6.54 Å². The van der Waals surface area contributed by atoms with E-state index in [9.17, 15) is 14.7 Å². The van der Waals surface area contributed by atoms with E-state index >= 15 is 0 Å². The molecule has 1 heterocycles. The number of β-amino-alcohol motifs (C(OH)–C–C–N with tert-alkyl or cyclic N) is 1. The van der Waals surface area contributed by atoms with Gasteiger partial charge in [-0.25, -0.2) is 4.79 Å². The van der Waals surface area contributed by atoms with Gasteiger partial charge in [0.15, 0.2) is 0 Å². The summed E-state index contributed by atoms with van der Waals surface area (Å²) in [7, 11) is 0. The van der Waals surface area contributed by atoms with E-state index in [0.717, 1.165) is 5.56 Å². The maximum Gasteiger partial charge on any atom is 0.410 e. The summed E-state index contributed by atoms with van der Waals surface area (Å²) in [6, 6.07) is 9.18. The Morgan fingerprint density at radius 1 is 1.26 bits per heavy atom. The summed E-state index contributed by atoms with van der Waals surface area (Å²) < 4.78 is 5.07. The van der Waals surface area contributed by atoms with E-state index in [1.807, 2.05) is 30.3 Å². The van der Waals surface area contributed by atoms with Crippen molar-refractivity contribution in [2.24, 2.45) is 5.92 Å². The van der Waals surface area contributed by atoms with Gasteiger partial charge in [0.05, 0.1) is 12.6 Å². The Hall–Kier alpha value is -2.08. The van der Waals surface area contributed by atoms with Gasteiger partial charge in [0.25, 0.3) is 0 Å². The molecule has 6 nitrogen and oxygen atoms in total. The lowest BCUT2D eigenvalue weighted by Crippen LogP contribution is -2.30. The number of carbonyl (C=O) groups excluding carboxylic acids is 1. The fourth-order valence-corrected chi connectivity index (χ4v) is 1.99. The van der Waals surface area contributed by atoms with Crippen molar-refractivity contribution in [2.75, 3.05) is 13.1 Å². The lowest BCUT2D eigenvalue weighted by Gasteiger charge is -2.15. The number of aliphatic hydroxyl groups excluding tert-OH is 1. The highest BCUT2D eigenvalue weighted by Gasteiger charge is 2.39. The number of rotatable bonds is 3. The Balaban J connectivity index is 1.86. The molecule has 1 aromatic carbocycles. The molecule has 6 heteroatoms. The van der Waals surface area contributed by atoms with Crippen molar-refractivity contribution in [3.05, 3.63) is 35.9 Å². The molecule has 2 atom stereocenters. The van der Waals surface area contributed by atoms with Crippen molar-refractivity contribution >= 4 is 12.1 Å². The van der Waals surface area contributed by atoms with Crippen molar-refractivity contribution in [3.63, 3.8) is 0 Å². The van der Waals surface area contributed by atoms with Gasteiger partial charge < -0.3 is 19.8 Å². The maximum atomic E-state index is 11.7. The van der Waals surface area contributed by atoms with Gasteiger partial charge in [-0.1, -0.05) is 30.3 Å². The fourth-order valence-electron chi connectivity index (χ4n) is 1.99. The maximum absolute atomic E-state index is 11.7. The molecule has 102 valence electrons. The molecule has 2 rings (SSSR count). The van der Waals surface area contributed by atoms with Crippen LogP contribution in [0.25, 0.3) is 0 Å². The van der Waals surface area contributed by atoms with Crippen LogP contribution in [-0.4, -0.2) is 46.4 Å². The SMILES string of the molecule is O=C(O)C1CN(C(=O)OCc2ccccc2)CC1O. The number of carbonyl (C=O) groups is 2. The highest BCUT2D eigenvalue weighted by molar-refractivity contribution is 5.74. The van der Waals surface area contributed by atoms with Crippen LogP contribution in [0.3, 0.4) is 0 Å². The number of nitrogens with zero attached hydrogens (tertiary/aromatic N) is 1. The van der Waals surface area contributed by atoms with Crippen LogP contribution in [0.15, 0.2) is 30.3 Å². The molecule has 0 spiro atoms. The minimum absolute atomic E-state index is 0.00934. The van der Waals surface area contributed by atoms with Gasteiger partial charge in [-0.05, 0) is 5.56 Å². The van der Waals surface area contributed by atoms with Crippen molar-refractivity contribution < 1.29 is 24.5 Å². The first kappa shape index (κ1) is 13.4. The summed E-state index contributed by atoms with van der Waals surface area (Å²) in [5.41, 5.74) is 0.852. The topological polar surface area (TPSA) is 87.1 Å². The molecule has 1 aliphatic rings. The molecule has 2 unspecified atom stereocenters. The predicted molar refractivity (Wildman–Crippen MR) is 65.3 cm³/mol. The minimum Gasteiger partial charge on any atom is -0.481 e. The second-order valence-corrected chi connectivity index (χ2v) is 4.46. The van der Waals surface area contributed by atoms with Crippen molar-refractivity contribution in [1.29, 1.82) is 0 Å².